The topological polar surface area (TPSA) is 98.6 Å². The van der Waals surface area contributed by atoms with E-state index in [1.807, 2.05) is 0 Å². The zero-order valence-corrected chi connectivity index (χ0v) is 11.6. The van der Waals surface area contributed by atoms with Crippen LogP contribution < -0.4 is 0 Å². The first-order valence-electron chi connectivity index (χ1n) is 5.98. The van der Waals surface area contributed by atoms with Gasteiger partial charge in [0.2, 0.25) is 0 Å². The molecule has 1 aromatic carbocycles. The van der Waals surface area contributed by atoms with Crippen molar-refractivity contribution in [1.29, 1.82) is 0 Å². The van der Waals surface area contributed by atoms with Crippen molar-refractivity contribution in [2.24, 2.45) is 0 Å². The molecular formula is C12H12Cl2N2O4. The van der Waals surface area contributed by atoms with Crippen LogP contribution in [-0.2, 0) is 4.74 Å². The summed E-state index contributed by atoms with van der Waals surface area (Å²) in [4.78, 5) is 7.24. The number of benzene rings is 1. The number of imidazole rings is 1. The molecule has 0 amide bonds. The normalized spacial score (nSPS) is 30.2. The van der Waals surface area contributed by atoms with E-state index in [1.54, 1.807) is 12.1 Å². The van der Waals surface area contributed by atoms with Gasteiger partial charge in [-0.05, 0) is 12.1 Å². The minimum Gasteiger partial charge on any atom is -0.394 e. The molecule has 3 rings (SSSR count). The summed E-state index contributed by atoms with van der Waals surface area (Å²) in [7, 11) is 0. The number of nitrogens with one attached hydrogen (secondary N) is 1. The third-order valence-corrected chi connectivity index (χ3v) is 4.08. The molecule has 1 aromatic heterocycles. The molecule has 4 atom stereocenters. The predicted molar refractivity (Wildman–Crippen MR) is 72.8 cm³/mol. The van der Waals surface area contributed by atoms with E-state index in [4.69, 9.17) is 33.0 Å². The Kier molecular flexibility index (Phi) is 3.62. The Morgan fingerprint density at radius 3 is 2.55 bits per heavy atom. The first-order valence-corrected chi connectivity index (χ1v) is 6.74. The molecule has 2 aromatic rings. The van der Waals surface area contributed by atoms with Gasteiger partial charge >= 0.3 is 0 Å². The van der Waals surface area contributed by atoms with Crippen LogP contribution in [0.2, 0.25) is 10.0 Å². The van der Waals surface area contributed by atoms with Crippen molar-refractivity contribution in [3.05, 3.63) is 28.0 Å². The van der Waals surface area contributed by atoms with Crippen molar-refractivity contribution < 1.29 is 20.1 Å². The number of nitrogens with zero attached hydrogens (tertiary/aromatic N) is 1. The Hall–Kier alpha value is -0.890. The summed E-state index contributed by atoms with van der Waals surface area (Å²) in [5.74, 6) is 0.348. The standard InChI is InChI=1S/C12H12Cl2N2O4/c13-4-1-6-7(2-5(4)14)16-12(15-6)11-10(19)9(18)8(3-17)20-11/h1-2,8-11,17-19H,3H2,(H,15,16)/t8-,9-,10+,11?/m1/s1. The molecule has 1 unspecified atom stereocenters. The van der Waals surface area contributed by atoms with Crippen LogP contribution in [0.1, 0.15) is 11.9 Å². The number of rotatable bonds is 2. The molecular weight excluding hydrogens is 307 g/mol. The molecule has 1 aliphatic heterocycles. The zero-order valence-electron chi connectivity index (χ0n) is 10.1. The fourth-order valence-corrected chi connectivity index (χ4v) is 2.61. The maximum absolute atomic E-state index is 9.95. The number of aromatic nitrogens is 2. The highest BCUT2D eigenvalue weighted by molar-refractivity contribution is 6.42. The molecule has 1 aliphatic rings. The Bertz CT molecular complexity index is 609. The number of aromatic amines is 1. The second-order valence-electron chi connectivity index (χ2n) is 4.66. The monoisotopic (exact) mass is 318 g/mol. The van der Waals surface area contributed by atoms with Gasteiger partial charge in [-0.25, -0.2) is 4.98 Å². The summed E-state index contributed by atoms with van der Waals surface area (Å²) in [5.41, 5.74) is 1.22. The number of aliphatic hydroxyl groups is 3. The summed E-state index contributed by atoms with van der Waals surface area (Å²) in [6, 6.07) is 3.22. The van der Waals surface area contributed by atoms with Gasteiger partial charge in [-0.3, -0.25) is 0 Å². The molecule has 108 valence electrons. The van der Waals surface area contributed by atoms with Gasteiger partial charge in [-0.2, -0.15) is 0 Å². The van der Waals surface area contributed by atoms with Crippen molar-refractivity contribution >= 4 is 34.2 Å². The summed E-state index contributed by atoms with van der Waals surface area (Å²) in [6.45, 7) is -0.382. The minimum absolute atomic E-state index is 0.348. The van der Waals surface area contributed by atoms with Crippen LogP contribution in [0.4, 0.5) is 0 Å². The van der Waals surface area contributed by atoms with E-state index in [-0.39, 0.29) is 6.61 Å². The summed E-state index contributed by atoms with van der Waals surface area (Å²) < 4.78 is 5.40. The summed E-state index contributed by atoms with van der Waals surface area (Å²) >= 11 is 11.8. The number of aliphatic hydroxyl groups excluding tert-OH is 3. The first kappa shape index (κ1) is 14.1. The molecule has 6 nitrogen and oxygen atoms in total. The molecule has 0 aliphatic carbocycles. The molecule has 2 heterocycles. The summed E-state index contributed by atoms with van der Waals surface area (Å²) in [5, 5.41) is 29.5. The Labute approximate surface area is 123 Å². The number of ether oxygens (including phenoxy) is 1. The highest BCUT2D eigenvalue weighted by Crippen LogP contribution is 2.34. The molecule has 4 N–H and O–H groups in total. The highest BCUT2D eigenvalue weighted by Gasteiger charge is 2.44. The SMILES string of the molecule is OC[C@H]1OC(c2nc3cc(Cl)c(Cl)cc3[nH]2)[C@@H](O)[C@@H]1O. The third-order valence-electron chi connectivity index (χ3n) is 3.35. The van der Waals surface area contributed by atoms with E-state index in [9.17, 15) is 10.2 Å². The van der Waals surface area contributed by atoms with Crippen LogP contribution in [0.3, 0.4) is 0 Å². The maximum Gasteiger partial charge on any atom is 0.144 e. The fraction of sp³-hybridized carbons (Fsp3) is 0.417. The van der Waals surface area contributed by atoms with Gasteiger partial charge in [-0.1, -0.05) is 23.2 Å². The lowest BCUT2D eigenvalue weighted by Gasteiger charge is -2.11. The van der Waals surface area contributed by atoms with Crippen molar-refractivity contribution in [3.63, 3.8) is 0 Å². The summed E-state index contributed by atoms with van der Waals surface area (Å²) in [6.07, 6.45) is -4.01. The van der Waals surface area contributed by atoms with Crippen LogP contribution in [-0.4, -0.2) is 50.2 Å². The average Bonchev–Trinajstić information content (AvgIpc) is 2.93. The lowest BCUT2D eigenvalue weighted by Crippen LogP contribution is -2.32. The lowest BCUT2D eigenvalue weighted by atomic mass is 10.1. The van der Waals surface area contributed by atoms with Gasteiger partial charge in [0, 0.05) is 0 Å². The van der Waals surface area contributed by atoms with Gasteiger partial charge in [0.05, 0.1) is 27.7 Å². The fourth-order valence-electron chi connectivity index (χ4n) is 2.28. The Morgan fingerprint density at radius 1 is 1.20 bits per heavy atom. The van der Waals surface area contributed by atoms with Crippen molar-refractivity contribution in [3.8, 4) is 0 Å². The molecule has 0 spiro atoms. The van der Waals surface area contributed by atoms with Crippen LogP contribution in [0.15, 0.2) is 12.1 Å². The van der Waals surface area contributed by atoms with E-state index in [0.29, 0.717) is 26.9 Å². The predicted octanol–water partition coefficient (Wildman–Crippen LogP) is 1.02. The molecule has 0 radical (unpaired) electrons. The molecule has 0 saturated carbocycles. The molecule has 20 heavy (non-hydrogen) atoms. The second kappa shape index (κ2) is 5.14. The highest BCUT2D eigenvalue weighted by atomic mass is 35.5. The second-order valence-corrected chi connectivity index (χ2v) is 5.48. The number of H-pyrrole nitrogens is 1. The van der Waals surface area contributed by atoms with E-state index >= 15 is 0 Å². The van der Waals surface area contributed by atoms with Gasteiger partial charge in [0.1, 0.15) is 30.2 Å². The average molecular weight is 319 g/mol. The Morgan fingerprint density at radius 2 is 1.90 bits per heavy atom. The van der Waals surface area contributed by atoms with E-state index in [2.05, 4.69) is 9.97 Å². The van der Waals surface area contributed by atoms with Crippen LogP contribution in [0.25, 0.3) is 11.0 Å². The van der Waals surface area contributed by atoms with Crippen molar-refractivity contribution in [2.45, 2.75) is 24.4 Å². The van der Waals surface area contributed by atoms with Gasteiger partial charge in [0.15, 0.2) is 0 Å². The maximum atomic E-state index is 9.95. The lowest BCUT2D eigenvalue weighted by molar-refractivity contribution is -0.0249. The van der Waals surface area contributed by atoms with Crippen molar-refractivity contribution in [1.82, 2.24) is 9.97 Å². The zero-order chi connectivity index (χ0) is 14.4. The number of hydrogen-bond donors (Lipinski definition) is 4. The molecule has 1 saturated heterocycles. The number of hydrogen-bond acceptors (Lipinski definition) is 5. The smallest absolute Gasteiger partial charge is 0.144 e. The van der Waals surface area contributed by atoms with Crippen LogP contribution in [0, 0.1) is 0 Å². The molecule has 8 heteroatoms. The minimum atomic E-state index is -1.17. The quantitative estimate of drug-likeness (QED) is 0.662. The van der Waals surface area contributed by atoms with Crippen molar-refractivity contribution in [2.75, 3.05) is 6.61 Å². The van der Waals surface area contributed by atoms with Gasteiger partial charge in [0.25, 0.3) is 0 Å². The van der Waals surface area contributed by atoms with Gasteiger partial charge in [-0.15, -0.1) is 0 Å². The van der Waals surface area contributed by atoms with E-state index in [0.717, 1.165) is 0 Å². The molecule has 1 fully saturated rings. The van der Waals surface area contributed by atoms with E-state index in [1.165, 1.54) is 0 Å². The third kappa shape index (κ3) is 2.18. The first-order chi connectivity index (χ1) is 9.51. The Balaban J connectivity index is 1.99. The largest absolute Gasteiger partial charge is 0.394 e. The van der Waals surface area contributed by atoms with Gasteiger partial charge < -0.3 is 25.0 Å². The van der Waals surface area contributed by atoms with Crippen LogP contribution >= 0.6 is 23.2 Å². The number of halogens is 2. The van der Waals surface area contributed by atoms with E-state index < -0.39 is 24.4 Å². The number of fused-ring (bicyclic) bond motifs is 1. The molecule has 0 bridgehead atoms. The van der Waals surface area contributed by atoms with Crippen LogP contribution in [0.5, 0.6) is 0 Å².